The molecule has 1 amide bonds. The normalized spacial score (nSPS) is 12.3. The van der Waals surface area contributed by atoms with Crippen molar-refractivity contribution in [3.05, 3.63) is 58.8 Å². The van der Waals surface area contributed by atoms with Gasteiger partial charge in [-0.1, -0.05) is 12.1 Å². The third-order valence-corrected chi connectivity index (χ3v) is 6.80. The maximum absolute atomic E-state index is 12.7. The van der Waals surface area contributed by atoms with Gasteiger partial charge in [-0.05, 0) is 42.0 Å². The first kappa shape index (κ1) is 19.1. The van der Waals surface area contributed by atoms with E-state index in [4.69, 9.17) is 0 Å². The van der Waals surface area contributed by atoms with Crippen molar-refractivity contribution in [1.29, 1.82) is 0 Å². The molecular weight excluding hydrogens is 410 g/mol. The van der Waals surface area contributed by atoms with E-state index < -0.39 is 0 Å². The van der Waals surface area contributed by atoms with Crippen molar-refractivity contribution in [2.45, 2.75) is 18.9 Å². The minimum atomic E-state index is -0.187. The van der Waals surface area contributed by atoms with Crippen LogP contribution in [0.5, 0.6) is 0 Å². The smallest absolute Gasteiger partial charge is 0.226 e. The first-order valence-corrected chi connectivity index (χ1v) is 12.0. The highest BCUT2D eigenvalue weighted by Crippen LogP contribution is 2.28. The molecule has 4 heterocycles. The van der Waals surface area contributed by atoms with Gasteiger partial charge in [-0.2, -0.15) is 11.8 Å². The highest BCUT2D eigenvalue weighted by Gasteiger charge is 2.21. The standard InChI is InChI=1S/C19H19N5OS3/c1-26-10-7-14(18-23-22-16-6-2-3-8-24(16)18)21-17(25)11-13-12-28-19(20-13)15-5-4-9-27-15/h2-6,8-9,12,14H,7,10-11H2,1H3,(H,21,25). The van der Waals surface area contributed by atoms with Crippen LogP contribution in [0, 0.1) is 0 Å². The second kappa shape index (κ2) is 8.85. The second-order valence-electron chi connectivity index (χ2n) is 6.19. The number of amides is 1. The van der Waals surface area contributed by atoms with Crippen LogP contribution in [0.1, 0.15) is 24.0 Å². The van der Waals surface area contributed by atoms with E-state index >= 15 is 0 Å². The molecule has 6 nitrogen and oxygen atoms in total. The second-order valence-corrected chi connectivity index (χ2v) is 8.98. The summed E-state index contributed by atoms with van der Waals surface area (Å²) < 4.78 is 1.93. The van der Waals surface area contributed by atoms with Crippen LogP contribution in [0.2, 0.25) is 0 Å². The zero-order chi connectivity index (χ0) is 19.3. The van der Waals surface area contributed by atoms with Crippen LogP contribution < -0.4 is 5.32 Å². The average molecular weight is 430 g/mol. The lowest BCUT2D eigenvalue weighted by Crippen LogP contribution is -2.31. The summed E-state index contributed by atoms with van der Waals surface area (Å²) >= 11 is 4.97. The molecular formula is C19H19N5OS3. The molecule has 0 saturated heterocycles. The van der Waals surface area contributed by atoms with Crippen molar-refractivity contribution in [1.82, 2.24) is 24.9 Å². The molecule has 144 valence electrons. The van der Waals surface area contributed by atoms with Crippen molar-refractivity contribution >= 4 is 46.0 Å². The fourth-order valence-electron chi connectivity index (χ4n) is 2.91. The fourth-order valence-corrected chi connectivity index (χ4v) is 5.02. The molecule has 9 heteroatoms. The molecule has 0 fully saturated rings. The van der Waals surface area contributed by atoms with Gasteiger partial charge in [0.05, 0.1) is 23.0 Å². The van der Waals surface area contributed by atoms with Crippen LogP contribution in [0.15, 0.2) is 47.3 Å². The van der Waals surface area contributed by atoms with Gasteiger partial charge in [0.15, 0.2) is 11.5 Å². The predicted octanol–water partition coefficient (Wildman–Crippen LogP) is 4.07. The first-order chi connectivity index (χ1) is 13.7. The van der Waals surface area contributed by atoms with Gasteiger partial charge in [-0.25, -0.2) is 4.98 Å². The summed E-state index contributed by atoms with van der Waals surface area (Å²) in [5, 5.41) is 16.6. The Morgan fingerprint density at radius 1 is 1.25 bits per heavy atom. The fraction of sp³-hybridized carbons (Fsp3) is 0.263. The lowest BCUT2D eigenvalue weighted by atomic mass is 10.2. The Morgan fingerprint density at radius 2 is 2.18 bits per heavy atom. The Bertz CT molecular complexity index is 1060. The van der Waals surface area contributed by atoms with E-state index in [0.29, 0.717) is 0 Å². The maximum atomic E-state index is 12.7. The maximum Gasteiger partial charge on any atom is 0.226 e. The number of pyridine rings is 1. The summed E-state index contributed by atoms with van der Waals surface area (Å²) in [6.07, 6.45) is 5.04. The van der Waals surface area contributed by atoms with E-state index in [9.17, 15) is 4.79 Å². The zero-order valence-corrected chi connectivity index (χ0v) is 17.7. The number of hydrogen-bond donors (Lipinski definition) is 1. The molecule has 0 bridgehead atoms. The lowest BCUT2D eigenvalue weighted by molar-refractivity contribution is -0.121. The van der Waals surface area contributed by atoms with Crippen molar-refractivity contribution in [3.63, 3.8) is 0 Å². The van der Waals surface area contributed by atoms with E-state index in [-0.39, 0.29) is 18.4 Å². The molecule has 1 N–H and O–H groups in total. The van der Waals surface area contributed by atoms with Gasteiger partial charge in [0.1, 0.15) is 5.01 Å². The van der Waals surface area contributed by atoms with Crippen LogP contribution >= 0.6 is 34.4 Å². The van der Waals surface area contributed by atoms with Crippen molar-refractivity contribution in [2.75, 3.05) is 12.0 Å². The molecule has 28 heavy (non-hydrogen) atoms. The molecule has 0 aliphatic heterocycles. The highest BCUT2D eigenvalue weighted by atomic mass is 32.2. The molecule has 0 saturated carbocycles. The Hall–Kier alpha value is -2.23. The minimum Gasteiger partial charge on any atom is -0.346 e. The number of aromatic nitrogens is 4. The number of nitrogens with one attached hydrogen (secondary N) is 1. The number of thiophene rings is 1. The number of nitrogens with zero attached hydrogens (tertiary/aromatic N) is 4. The molecule has 4 aromatic rings. The number of carbonyl (C=O) groups is 1. The minimum absolute atomic E-state index is 0.0539. The van der Waals surface area contributed by atoms with Crippen LogP contribution in [-0.2, 0) is 11.2 Å². The van der Waals surface area contributed by atoms with Gasteiger partial charge in [0, 0.05) is 11.6 Å². The zero-order valence-electron chi connectivity index (χ0n) is 15.2. The van der Waals surface area contributed by atoms with Crippen LogP contribution in [-0.4, -0.2) is 37.5 Å². The van der Waals surface area contributed by atoms with Crippen molar-refractivity contribution in [3.8, 4) is 9.88 Å². The van der Waals surface area contributed by atoms with E-state index in [0.717, 1.165) is 39.2 Å². The van der Waals surface area contributed by atoms with Crippen LogP contribution in [0.25, 0.3) is 15.5 Å². The summed E-state index contributed by atoms with van der Waals surface area (Å²) in [5.74, 6) is 1.63. The molecule has 0 aromatic carbocycles. The van der Waals surface area contributed by atoms with E-state index in [2.05, 4.69) is 26.8 Å². The summed E-state index contributed by atoms with van der Waals surface area (Å²) in [6, 6.07) is 9.64. The predicted molar refractivity (Wildman–Crippen MR) is 116 cm³/mol. The van der Waals surface area contributed by atoms with Gasteiger partial charge in [0.25, 0.3) is 0 Å². The number of carbonyl (C=O) groups excluding carboxylic acids is 1. The van der Waals surface area contributed by atoms with E-state index in [1.54, 1.807) is 34.4 Å². The van der Waals surface area contributed by atoms with Crippen LogP contribution in [0.4, 0.5) is 0 Å². The quantitative estimate of drug-likeness (QED) is 0.457. The van der Waals surface area contributed by atoms with Gasteiger partial charge in [-0.3, -0.25) is 9.20 Å². The highest BCUT2D eigenvalue weighted by molar-refractivity contribution is 7.98. The largest absolute Gasteiger partial charge is 0.346 e. The summed E-state index contributed by atoms with van der Waals surface area (Å²) in [7, 11) is 0. The average Bonchev–Trinajstić information content (AvgIpc) is 3.44. The molecule has 4 aromatic heterocycles. The topological polar surface area (TPSA) is 72.2 Å². The van der Waals surface area contributed by atoms with Gasteiger partial charge < -0.3 is 5.32 Å². The number of fused-ring (bicyclic) bond motifs is 1. The number of thiazole rings is 1. The monoisotopic (exact) mass is 429 g/mol. The number of hydrogen-bond acceptors (Lipinski definition) is 7. The van der Waals surface area contributed by atoms with Gasteiger partial charge in [0.2, 0.25) is 5.91 Å². The molecule has 1 unspecified atom stereocenters. The Balaban J connectivity index is 1.48. The summed E-state index contributed by atoms with van der Waals surface area (Å²) in [5.41, 5.74) is 1.57. The van der Waals surface area contributed by atoms with Gasteiger partial charge >= 0.3 is 0 Å². The SMILES string of the molecule is CSCCC(NC(=O)Cc1csc(-c2cccs2)n1)c1nnc2ccccn12. The molecule has 0 aliphatic carbocycles. The first-order valence-electron chi connectivity index (χ1n) is 8.81. The Morgan fingerprint density at radius 3 is 3.00 bits per heavy atom. The molecule has 4 rings (SSSR count). The Labute approximate surface area is 175 Å². The number of thioether (sulfide) groups is 1. The summed E-state index contributed by atoms with van der Waals surface area (Å²) in [4.78, 5) is 18.4. The molecule has 1 atom stereocenters. The van der Waals surface area contributed by atoms with Gasteiger partial charge in [-0.15, -0.1) is 32.9 Å². The van der Waals surface area contributed by atoms with Crippen molar-refractivity contribution < 1.29 is 4.79 Å². The lowest BCUT2D eigenvalue weighted by Gasteiger charge is -2.16. The van der Waals surface area contributed by atoms with Crippen LogP contribution in [0.3, 0.4) is 0 Å². The third-order valence-electron chi connectivity index (χ3n) is 4.22. The molecule has 0 spiro atoms. The van der Waals surface area contributed by atoms with Crippen molar-refractivity contribution in [2.24, 2.45) is 0 Å². The van der Waals surface area contributed by atoms with E-state index in [1.165, 1.54) is 0 Å². The molecule has 0 radical (unpaired) electrons. The number of rotatable bonds is 8. The Kier molecular flexibility index (Phi) is 6.04. The molecule has 0 aliphatic rings. The van der Waals surface area contributed by atoms with E-state index in [1.807, 2.05) is 51.7 Å². The summed E-state index contributed by atoms with van der Waals surface area (Å²) in [6.45, 7) is 0. The third kappa shape index (κ3) is 4.26.